The second kappa shape index (κ2) is 9.95. The van der Waals surface area contributed by atoms with E-state index in [-0.39, 0.29) is 18.0 Å². The molecule has 0 saturated carbocycles. The van der Waals surface area contributed by atoms with Gasteiger partial charge in [0.05, 0.1) is 26.2 Å². The maximum atomic E-state index is 13.3. The van der Waals surface area contributed by atoms with Gasteiger partial charge in [-0.15, -0.1) is 0 Å². The van der Waals surface area contributed by atoms with Crippen molar-refractivity contribution in [2.45, 2.75) is 13.3 Å². The van der Waals surface area contributed by atoms with Crippen LogP contribution in [0.2, 0.25) is 0 Å². The van der Waals surface area contributed by atoms with Gasteiger partial charge in [0, 0.05) is 24.1 Å². The molecule has 0 fully saturated rings. The maximum Gasteiger partial charge on any atom is 0.321 e. The van der Waals surface area contributed by atoms with E-state index in [0.717, 1.165) is 32.5 Å². The number of carbonyl (C=O) groups excluding carboxylic acids is 3. The van der Waals surface area contributed by atoms with Crippen LogP contribution in [0.1, 0.15) is 27.2 Å². The highest BCUT2D eigenvalue weighted by molar-refractivity contribution is 6.12. The molecule has 184 valence electrons. The monoisotopic (exact) mass is 486 g/mol. The first kappa shape index (κ1) is 24.5. The quantitative estimate of drug-likeness (QED) is 0.378. The van der Waals surface area contributed by atoms with E-state index in [1.807, 2.05) is 49.4 Å². The molecule has 0 atom stereocenters. The van der Waals surface area contributed by atoms with Crippen LogP contribution >= 0.6 is 0 Å². The number of furan rings is 1. The summed E-state index contributed by atoms with van der Waals surface area (Å²) in [5.74, 6) is 0.532. The molecule has 4 aromatic rings. The number of hydrogen-bond donors (Lipinski definition) is 1. The highest BCUT2D eigenvalue weighted by Gasteiger charge is 2.23. The van der Waals surface area contributed by atoms with Gasteiger partial charge >= 0.3 is 6.03 Å². The van der Waals surface area contributed by atoms with Crippen molar-refractivity contribution in [1.29, 1.82) is 0 Å². The number of ether oxygens (including phenoxy) is 2. The Balaban J connectivity index is 1.67. The number of nitrogens with zero attached hydrogens (tertiary/aromatic N) is 1. The number of likely N-dealkylation sites (N-methyl/N-ethyl adjacent to an activating group) is 1. The van der Waals surface area contributed by atoms with E-state index in [0.29, 0.717) is 22.6 Å². The summed E-state index contributed by atoms with van der Waals surface area (Å²) < 4.78 is 16.6. The number of imide groups is 1. The van der Waals surface area contributed by atoms with Gasteiger partial charge in [-0.25, -0.2) is 4.79 Å². The number of fused-ring (bicyclic) bond motifs is 1. The minimum atomic E-state index is -0.799. The summed E-state index contributed by atoms with van der Waals surface area (Å²) >= 11 is 0. The lowest BCUT2D eigenvalue weighted by Gasteiger charge is -2.12. The SMILES string of the molecule is COc1ccc(C(=O)c2oc3cc(-c4cccc(CC(=O)N(C)C(N)=O)c4)ccc3c2C)c(OC)c1. The van der Waals surface area contributed by atoms with Gasteiger partial charge in [-0.05, 0) is 41.8 Å². The number of carbonyl (C=O) groups is 3. The molecule has 0 bridgehead atoms. The molecule has 0 aliphatic heterocycles. The molecule has 0 unspecified atom stereocenters. The first-order chi connectivity index (χ1) is 17.2. The van der Waals surface area contributed by atoms with Crippen molar-refractivity contribution in [3.8, 4) is 22.6 Å². The highest BCUT2D eigenvalue weighted by Crippen LogP contribution is 2.33. The zero-order valence-corrected chi connectivity index (χ0v) is 20.5. The predicted octanol–water partition coefficient (Wildman–Crippen LogP) is 4.74. The molecule has 0 saturated heterocycles. The summed E-state index contributed by atoms with van der Waals surface area (Å²) in [7, 11) is 4.39. The zero-order valence-electron chi connectivity index (χ0n) is 20.5. The van der Waals surface area contributed by atoms with E-state index in [1.165, 1.54) is 14.2 Å². The summed E-state index contributed by atoms with van der Waals surface area (Å²) in [5.41, 5.74) is 9.31. The number of rotatable bonds is 7. The molecule has 1 aromatic heterocycles. The number of ketones is 1. The first-order valence-electron chi connectivity index (χ1n) is 11.2. The van der Waals surface area contributed by atoms with Crippen LogP contribution in [-0.4, -0.2) is 43.9 Å². The van der Waals surface area contributed by atoms with Crippen LogP contribution in [0, 0.1) is 6.92 Å². The Kier molecular flexibility index (Phi) is 6.78. The average Bonchev–Trinajstić information content (AvgIpc) is 3.22. The van der Waals surface area contributed by atoms with Crippen LogP contribution in [0.25, 0.3) is 22.1 Å². The van der Waals surface area contributed by atoms with Crippen molar-refractivity contribution >= 4 is 28.7 Å². The standard InChI is InChI=1S/C28H26N2O6/c1-16-21-10-8-19(18-7-5-6-17(12-18)13-25(31)30(2)28(29)33)14-24(21)36-27(16)26(32)22-11-9-20(34-3)15-23(22)35-4/h5-12,14-15H,13H2,1-4H3,(H2,29,33). The van der Waals surface area contributed by atoms with Gasteiger partial charge in [0.25, 0.3) is 0 Å². The number of urea groups is 1. The van der Waals surface area contributed by atoms with Crippen molar-refractivity contribution in [3.05, 3.63) is 83.1 Å². The molecule has 8 nitrogen and oxygen atoms in total. The third-order valence-electron chi connectivity index (χ3n) is 6.12. The van der Waals surface area contributed by atoms with Gasteiger partial charge in [0.1, 0.15) is 17.1 Å². The van der Waals surface area contributed by atoms with E-state index in [9.17, 15) is 14.4 Å². The molecular formula is C28H26N2O6. The molecular weight excluding hydrogens is 460 g/mol. The third kappa shape index (κ3) is 4.65. The molecule has 36 heavy (non-hydrogen) atoms. The van der Waals surface area contributed by atoms with Crippen molar-refractivity contribution in [1.82, 2.24) is 4.90 Å². The van der Waals surface area contributed by atoms with Crippen molar-refractivity contribution in [2.75, 3.05) is 21.3 Å². The summed E-state index contributed by atoms with van der Waals surface area (Å²) in [6, 6.07) is 17.3. The largest absolute Gasteiger partial charge is 0.497 e. The summed E-state index contributed by atoms with van der Waals surface area (Å²) in [6.45, 7) is 1.84. The number of nitrogens with two attached hydrogens (primary N) is 1. The summed E-state index contributed by atoms with van der Waals surface area (Å²) in [4.78, 5) is 37.7. The van der Waals surface area contributed by atoms with Crippen LogP contribution in [0.15, 0.2) is 65.1 Å². The predicted molar refractivity (Wildman–Crippen MR) is 135 cm³/mol. The molecule has 2 N–H and O–H groups in total. The van der Waals surface area contributed by atoms with Crippen molar-refractivity contribution < 1.29 is 28.3 Å². The van der Waals surface area contributed by atoms with E-state index < -0.39 is 11.9 Å². The lowest BCUT2D eigenvalue weighted by Crippen LogP contribution is -2.38. The van der Waals surface area contributed by atoms with Crippen molar-refractivity contribution in [2.24, 2.45) is 5.73 Å². The highest BCUT2D eigenvalue weighted by atomic mass is 16.5. The lowest BCUT2D eigenvalue weighted by molar-refractivity contribution is -0.126. The number of hydrogen-bond acceptors (Lipinski definition) is 6. The number of amides is 3. The Morgan fingerprint density at radius 1 is 0.944 bits per heavy atom. The minimum absolute atomic E-state index is 0.0394. The molecule has 8 heteroatoms. The second-order valence-electron chi connectivity index (χ2n) is 8.33. The fraction of sp³-hybridized carbons (Fsp3) is 0.179. The van der Waals surface area contributed by atoms with Gasteiger partial charge in [-0.2, -0.15) is 0 Å². The Bertz CT molecular complexity index is 1490. The second-order valence-corrected chi connectivity index (χ2v) is 8.33. The Morgan fingerprint density at radius 3 is 2.39 bits per heavy atom. The van der Waals surface area contributed by atoms with Crippen LogP contribution in [0.3, 0.4) is 0 Å². The van der Waals surface area contributed by atoms with Gasteiger partial charge in [0.15, 0.2) is 5.76 Å². The Labute approximate surface area is 208 Å². The fourth-order valence-corrected chi connectivity index (χ4v) is 4.01. The fourth-order valence-electron chi connectivity index (χ4n) is 4.01. The van der Waals surface area contributed by atoms with Crippen LogP contribution in [0.4, 0.5) is 4.79 Å². The molecule has 1 heterocycles. The molecule has 3 amide bonds. The number of aryl methyl sites for hydroxylation is 1. The van der Waals surface area contributed by atoms with E-state index in [1.54, 1.807) is 25.3 Å². The normalized spacial score (nSPS) is 10.8. The molecule has 0 aliphatic rings. The van der Waals surface area contributed by atoms with E-state index in [2.05, 4.69) is 0 Å². The minimum Gasteiger partial charge on any atom is -0.497 e. The summed E-state index contributed by atoms with van der Waals surface area (Å²) in [6.07, 6.45) is 0.0394. The topological polar surface area (TPSA) is 112 Å². The molecule has 3 aromatic carbocycles. The zero-order chi connectivity index (χ0) is 26.0. The molecule has 0 aliphatic carbocycles. The lowest BCUT2D eigenvalue weighted by atomic mass is 9.99. The number of primary amides is 1. The smallest absolute Gasteiger partial charge is 0.321 e. The maximum absolute atomic E-state index is 13.3. The number of benzene rings is 3. The first-order valence-corrected chi connectivity index (χ1v) is 11.2. The number of methoxy groups -OCH3 is 2. The van der Waals surface area contributed by atoms with Gasteiger partial charge < -0.3 is 19.6 Å². The molecule has 0 radical (unpaired) electrons. The van der Waals surface area contributed by atoms with Gasteiger partial charge in [-0.1, -0.05) is 36.4 Å². The molecule has 4 rings (SSSR count). The average molecular weight is 487 g/mol. The van der Waals surface area contributed by atoms with E-state index >= 15 is 0 Å². The van der Waals surface area contributed by atoms with Crippen LogP contribution < -0.4 is 15.2 Å². The Hall–Kier alpha value is -4.59. The van der Waals surface area contributed by atoms with Crippen molar-refractivity contribution in [3.63, 3.8) is 0 Å². The van der Waals surface area contributed by atoms with Crippen LogP contribution in [-0.2, 0) is 11.2 Å². The summed E-state index contributed by atoms with van der Waals surface area (Å²) in [5, 5.41) is 0.823. The Morgan fingerprint density at radius 2 is 1.69 bits per heavy atom. The van der Waals surface area contributed by atoms with Gasteiger partial charge in [-0.3, -0.25) is 14.5 Å². The van der Waals surface area contributed by atoms with Gasteiger partial charge in [0.2, 0.25) is 11.7 Å². The molecule has 0 spiro atoms. The van der Waals surface area contributed by atoms with Crippen LogP contribution in [0.5, 0.6) is 11.5 Å². The van der Waals surface area contributed by atoms with E-state index in [4.69, 9.17) is 19.6 Å². The third-order valence-corrected chi connectivity index (χ3v) is 6.12.